The SMILES string of the molecule is CCC(=O)OCC1OC(n2cnc3c(NCCCC(N)=O)ncnc32)C(OC(=O)CC)C1OC(=O)CC. The van der Waals surface area contributed by atoms with Gasteiger partial charge in [0, 0.05) is 32.2 Å². The van der Waals surface area contributed by atoms with Gasteiger partial charge in [-0.1, -0.05) is 20.8 Å². The van der Waals surface area contributed by atoms with Crippen molar-refractivity contribution in [1.82, 2.24) is 19.5 Å². The molecule has 1 aliphatic heterocycles. The van der Waals surface area contributed by atoms with Gasteiger partial charge in [0.05, 0.1) is 6.33 Å². The first kappa shape index (κ1) is 27.8. The highest BCUT2D eigenvalue weighted by Crippen LogP contribution is 2.36. The molecule has 2 aromatic heterocycles. The number of esters is 3. The van der Waals surface area contributed by atoms with Crippen LogP contribution in [0.25, 0.3) is 11.2 Å². The fourth-order valence-electron chi connectivity index (χ4n) is 3.72. The van der Waals surface area contributed by atoms with Gasteiger partial charge in [-0.05, 0) is 6.42 Å². The summed E-state index contributed by atoms with van der Waals surface area (Å²) in [5.74, 6) is -1.49. The molecule has 37 heavy (non-hydrogen) atoms. The standard InChI is InChI=1S/C23H32N6O8/c1-4-15(31)34-10-13-19(36-16(32)5-2)20(37-17(33)6-3)23(35-13)29-12-28-18-21(26-11-27-22(18)29)25-9-7-8-14(24)30/h11-13,19-20,23H,4-10H2,1-3H3,(H2,24,30)(H,25,26,27). The average Bonchev–Trinajstić information content (AvgIpc) is 3.46. The van der Waals surface area contributed by atoms with E-state index >= 15 is 0 Å². The number of carbonyl (C=O) groups is 4. The van der Waals surface area contributed by atoms with Crippen LogP contribution in [0.2, 0.25) is 0 Å². The quantitative estimate of drug-likeness (QED) is 0.217. The van der Waals surface area contributed by atoms with Crippen LogP contribution in [0.15, 0.2) is 12.7 Å². The number of nitrogens with one attached hydrogen (secondary N) is 1. The number of carbonyl (C=O) groups excluding carboxylic acids is 4. The Labute approximate surface area is 213 Å². The summed E-state index contributed by atoms with van der Waals surface area (Å²) in [7, 11) is 0. The fraction of sp³-hybridized carbons (Fsp3) is 0.609. The Morgan fingerprint density at radius 2 is 1.68 bits per heavy atom. The summed E-state index contributed by atoms with van der Waals surface area (Å²) in [6, 6.07) is 0. The zero-order valence-corrected chi connectivity index (χ0v) is 21.0. The maximum absolute atomic E-state index is 12.3. The number of amides is 1. The molecule has 14 nitrogen and oxygen atoms in total. The third-order valence-corrected chi connectivity index (χ3v) is 5.62. The van der Waals surface area contributed by atoms with Crippen molar-refractivity contribution >= 4 is 40.8 Å². The molecule has 3 rings (SSSR count). The second-order valence-corrected chi connectivity index (χ2v) is 8.26. The van der Waals surface area contributed by atoms with Crippen LogP contribution >= 0.6 is 0 Å². The van der Waals surface area contributed by atoms with Gasteiger partial charge in [-0.25, -0.2) is 15.0 Å². The maximum atomic E-state index is 12.3. The number of nitrogens with zero attached hydrogens (tertiary/aromatic N) is 4. The molecule has 1 aliphatic rings. The third-order valence-electron chi connectivity index (χ3n) is 5.62. The Morgan fingerprint density at radius 1 is 1.00 bits per heavy atom. The number of fused-ring (bicyclic) bond motifs is 1. The highest BCUT2D eigenvalue weighted by molar-refractivity contribution is 5.82. The first-order valence-electron chi connectivity index (χ1n) is 12.2. The van der Waals surface area contributed by atoms with Gasteiger partial charge in [-0.2, -0.15) is 0 Å². The predicted molar refractivity (Wildman–Crippen MR) is 128 cm³/mol. The number of nitrogens with two attached hydrogens (primary N) is 1. The van der Waals surface area contributed by atoms with E-state index < -0.39 is 48.4 Å². The van der Waals surface area contributed by atoms with E-state index in [1.165, 1.54) is 12.7 Å². The van der Waals surface area contributed by atoms with Gasteiger partial charge in [0.2, 0.25) is 5.91 Å². The monoisotopic (exact) mass is 520 g/mol. The highest BCUT2D eigenvalue weighted by atomic mass is 16.7. The van der Waals surface area contributed by atoms with E-state index in [1.807, 2.05) is 0 Å². The zero-order valence-electron chi connectivity index (χ0n) is 21.0. The molecule has 1 saturated heterocycles. The number of primary amides is 1. The Balaban J connectivity index is 1.94. The summed E-state index contributed by atoms with van der Waals surface area (Å²) in [6.45, 7) is 5.14. The molecule has 3 heterocycles. The number of imidazole rings is 1. The Morgan fingerprint density at radius 3 is 2.32 bits per heavy atom. The first-order chi connectivity index (χ1) is 17.8. The lowest BCUT2D eigenvalue weighted by Gasteiger charge is -2.24. The molecule has 14 heteroatoms. The molecule has 3 N–H and O–H groups in total. The van der Waals surface area contributed by atoms with Crippen molar-refractivity contribution < 1.29 is 38.1 Å². The van der Waals surface area contributed by atoms with Crippen molar-refractivity contribution in [2.24, 2.45) is 5.73 Å². The number of anilines is 1. The van der Waals surface area contributed by atoms with Crippen LogP contribution in [-0.4, -0.2) is 74.8 Å². The minimum Gasteiger partial charge on any atom is -0.463 e. The lowest BCUT2D eigenvalue weighted by atomic mass is 10.1. The van der Waals surface area contributed by atoms with Crippen LogP contribution in [-0.2, 0) is 38.1 Å². The summed E-state index contributed by atoms with van der Waals surface area (Å²) in [5, 5.41) is 3.10. The lowest BCUT2D eigenvalue weighted by Crippen LogP contribution is -2.41. The second-order valence-electron chi connectivity index (χ2n) is 8.26. The average molecular weight is 521 g/mol. The van der Waals surface area contributed by atoms with Gasteiger partial charge in [0.1, 0.15) is 19.0 Å². The van der Waals surface area contributed by atoms with E-state index in [0.717, 1.165) is 0 Å². The van der Waals surface area contributed by atoms with Crippen LogP contribution in [0.5, 0.6) is 0 Å². The Hall–Kier alpha value is -3.81. The smallest absolute Gasteiger partial charge is 0.306 e. The van der Waals surface area contributed by atoms with Crippen LogP contribution in [0.4, 0.5) is 5.82 Å². The van der Waals surface area contributed by atoms with Crippen LogP contribution < -0.4 is 11.1 Å². The van der Waals surface area contributed by atoms with Gasteiger partial charge in [0.15, 0.2) is 35.4 Å². The van der Waals surface area contributed by atoms with E-state index in [1.54, 1.807) is 25.3 Å². The van der Waals surface area contributed by atoms with Crippen molar-refractivity contribution in [2.45, 2.75) is 77.4 Å². The number of hydrogen-bond donors (Lipinski definition) is 2. The number of aromatic nitrogens is 4. The molecule has 4 atom stereocenters. The van der Waals surface area contributed by atoms with Crippen molar-refractivity contribution in [2.75, 3.05) is 18.5 Å². The van der Waals surface area contributed by atoms with E-state index in [-0.39, 0.29) is 32.3 Å². The number of hydrogen-bond acceptors (Lipinski definition) is 12. The van der Waals surface area contributed by atoms with E-state index in [4.69, 9.17) is 24.7 Å². The summed E-state index contributed by atoms with van der Waals surface area (Å²) in [5.41, 5.74) is 5.96. The van der Waals surface area contributed by atoms with Crippen LogP contribution in [0.1, 0.15) is 59.1 Å². The lowest BCUT2D eigenvalue weighted by molar-refractivity contribution is -0.169. The van der Waals surface area contributed by atoms with Gasteiger partial charge in [0.25, 0.3) is 0 Å². The van der Waals surface area contributed by atoms with E-state index in [2.05, 4.69) is 20.3 Å². The summed E-state index contributed by atoms with van der Waals surface area (Å²) < 4.78 is 24.2. The highest BCUT2D eigenvalue weighted by Gasteiger charge is 2.51. The minimum absolute atomic E-state index is 0.0827. The second kappa shape index (κ2) is 12.9. The van der Waals surface area contributed by atoms with Crippen LogP contribution in [0.3, 0.4) is 0 Å². The molecule has 1 amide bonds. The van der Waals surface area contributed by atoms with E-state index in [9.17, 15) is 19.2 Å². The van der Waals surface area contributed by atoms with Gasteiger partial charge >= 0.3 is 17.9 Å². The van der Waals surface area contributed by atoms with Crippen molar-refractivity contribution in [3.63, 3.8) is 0 Å². The molecule has 0 spiro atoms. The predicted octanol–water partition coefficient (Wildman–Crippen LogP) is 0.998. The van der Waals surface area contributed by atoms with Crippen LogP contribution in [0, 0.1) is 0 Å². The van der Waals surface area contributed by atoms with Gasteiger partial charge in [-0.15, -0.1) is 0 Å². The topological polar surface area (TPSA) is 187 Å². The van der Waals surface area contributed by atoms with Crippen molar-refractivity contribution in [3.8, 4) is 0 Å². The first-order valence-corrected chi connectivity index (χ1v) is 12.2. The molecular weight excluding hydrogens is 488 g/mol. The summed E-state index contributed by atoms with van der Waals surface area (Å²) >= 11 is 0. The molecule has 1 fully saturated rings. The molecule has 2 aromatic rings. The zero-order chi connectivity index (χ0) is 26.9. The van der Waals surface area contributed by atoms with E-state index in [0.29, 0.717) is 29.9 Å². The normalized spacial score (nSPS) is 20.9. The fourth-order valence-corrected chi connectivity index (χ4v) is 3.72. The van der Waals surface area contributed by atoms with Gasteiger partial charge < -0.3 is 30.0 Å². The largest absolute Gasteiger partial charge is 0.463 e. The molecule has 0 bridgehead atoms. The van der Waals surface area contributed by atoms with Crippen molar-refractivity contribution in [3.05, 3.63) is 12.7 Å². The molecule has 0 saturated carbocycles. The number of rotatable bonds is 13. The Kier molecular flexibility index (Phi) is 9.71. The third kappa shape index (κ3) is 6.90. The molecular formula is C23H32N6O8. The maximum Gasteiger partial charge on any atom is 0.306 e. The molecule has 0 aromatic carbocycles. The molecule has 4 unspecified atom stereocenters. The van der Waals surface area contributed by atoms with Gasteiger partial charge in [-0.3, -0.25) is 23.7 Å². The summed E-state index contributed by atoms with van der Waals surface area (Å²) in [4.78, 5) is 60.2. The van der Waals surface area contributed by atoms with Crippen molar-refractivity contribution in [1.29, 1.82) is 0 Å². The summed E-state index contributed by atoms with van der Waals surface area (Å²) in [6.07, 6.45) is -0.170. The molecule has 0 aliphatic carbocycles. The number of ether oxygens (including phenoxy) is 4. The molecule has 202 valence electrons. The Bertz CT molecular complexity index is 1120. The molecule has 0 radical (unpaired) electrons. The minimum atomic E-state index is -1.06.